The van der Waals surface area contributed by atoms with E-state index >= 15 is 0 Å². The largest absolute Gasteiger partial charge is 0.490 e. The van der Waals surface area contributed by atoms with Crippen LogP contribution in [-0.2, 0) is 4.79 Å². The molecule has 0 radical (unpaired) electrons. The zero-order valence-electron chi connectivity index (χ0n) is 12.4. The van der Waals surface area contributed by atoms with Crippen molar-refractivity contribution >= 4 is 11.6 Å². The van der Waals surface area contributed by atoms with E-state index in [0.717, 1.165) is 37.4 Å². The van der Waals surface area contributed by atoms with Gasteiger partial charge in [0.05, 0.1) is 12.2 Å². The third-order valence-corrected chi connectivity index (χ3v) is 3.86. The van der Waals surface area contributed by atoms with Gasteiger partial charge in [0.15, 0.2) is 0 Å². The van der Waals surface area contributed by atoms with Crippen molar-refractivity contribution < 1.29 is 9.53 Å². The lowest BCUT2D eigenvalue weighted by Gasteiger charge is -2.31. The molecule has 4 heteroatoms. The smallest absolute Gasteiger partial charge is 0.223 e. The minimum Gasteiger partial charge on any atom is -0.490 e. The number of para-hydroxylation sites is 2. The number of nitrogens with one attached hydrogen (secondary N) is 1. The molecule has 0 aliphatic carbocycles. The highest BCUT2D eigenvalue weighted by Crippen LogP contribution is 2.30. The quantitative estimate of drug-likeness (QED) is 0.867. The summed E-state index contributed by atoms with van der Waals surface area (Å²) in [7, 11) is 0. The van der Waals surface area contributed by atoms with E-state index in [1.165, 1.54) is 0 Å². The molecule has 0 bridgehead atoms. The topological polar surface area (TPSA) is 41.6 Å². The van der Waals surface area contributed by atoms with Gasteiger partial charge < -0.3 is 15.0 Å². The van der Waals surface area contributed by atoms with Crippen LogP contribution in [0.3, 0.4) is 0 Å². The Bertz CT molecular complexity index is 444. The number of rotatable bonds is 6. The van der Waals surface area contributed by atoms with Crippen LogP contribution in [0.25, 0.3) is 0 Å². The Hall–Kier alpha value is -1.71. The minimum absolute atomic E-state index is 0.145. The molecule has 1 aromatic rings. The summed E-state index contributed by atoms with van der Waals surface area (Å²) in [6.07, 6.45) is 1.81. The molecule has 1 aromatic carbocycles. The van der Waals surface area contributed by atoms with Crippen molar-refractivity contribution in [1.82, 2.24) is 5.32 Å². The van der Waals surface area contributed by atoms with Gasteiger partial charge >= 0.3 is 0 Å². The van der Waals surface area contributed by atoms with Crippen molar-refractivity contribution in [3.63, 3.8) is 0 Å². The van der Waals surface area contributed by atoms with Crippen molar-refractivity contribution in [3.05, 3.63) is 24.3 Å². The van der Waals surface area contributed by atoms with E-state index in [4.69, 9.17) is 4.74 Å². The normalized spacial score (nSPS) is 13.8. The predicted octanol–water partition coefficient (Wildman–Crippen LogP) is 2.44. The molecule has 0 atom stereocenters. The molecule has 1 aliphatic heterocycles. The van der Waals surface area contributed by atoms with E-state index in [1.54, 1.807) is 0 Å². The molecular formula is C16H24N2O2. The molecule has 0 spiro atoms. The van der Waals surface area contributed by atoms with E-state index < -0.39 is 0 Å². The van der Waals surface area contributed by atoms with Crippen LogP contribution in [0, 0.1) is 5.92 Å². The number of carbonyl (C=O) groups excluding carboxylic acids is 1. The molecule has 4 nitrogen and oxygen atoms in total. The number of fused-ring (bicyclic) bond motifs is 1. The summed E-state index contributed by atoms with van der Waals surface area (Å²) in [5, 5.41) is 3.04. The Morgan fingerprint density at radius 3 is 2.85 bits per heavy atom. The fourth-order valence-corrected chi connectivity index (χ4v) is 2.58. The van der Waals surface area contributed by atoms with Crippen molar-refractivity contribution in [1.29, 1.82) is 0 Å². The van der Waals surface area contributed by atoms with Crippen LogP contribution in [-0.4, -0.2) is 32.1 Å². The second-order valence-electron chi connectivity index (χ2n) is 5.11. The number of benzene rings is 1. The first-order chi connectivity index (χ1) is 9.76. The molecule has 1 heterocycles. The summed E-state index contributed by atoms with van der Waals surface area (Å²) in [6, 6.07) is 8.06. The third kappa shape index (κ3) is 3.44. The van der Waals surface area contributed by atoms with Crippen LogP contribution in [0.4, 0.5) is 5.69 Å². The summed E-state index contributed by atoms with van der Waals surface area (Å²) in [6.45, 7) is 7.21. The number of carbonyl (C=O) groups is 1. The van der Waals surface area contributed by atoms with Gasteiger partial charge in [-0.15, -0.1) is 0 Å². The van der Waals surface area contributed by atoms with Gasteiger partial charge in [-0.1, -0.05) is 26.0 Å². The zero-order chi connectivity index (χ0) is 14.4. The lowest BCUT2D eigenvalue weighted by molar-refractivity contribution is -0.125. The molecule has 1 N–H and O–H groups in total. The molecule has 0 fully saturated rings. The number of anilines is 1. The van der Waals surface area contributed by atoms with E-state index in [9.17, 15) is 4.79 Å². The predicted molar refractivity (Wildman–Crippen MR) is 81.2 cm³/mol. The van der Waals surface area contributed by atoms with Gasteiger partial charge in [0.2, 0.25) is 5.91 Å². The number of hydrogen-bond acceptors (Lipinski definition) is 3. The van der Waals surface area contributed by atoms with Crippen LogP contribution in [0.2, 0.25) is 0 Å². The Morgan fingerprint density at radius 2 is 2.10 bits per heavy atom. The molecule has 0 unspecified atom stereocenters. The van der Waals surface area contributed by atoms with Gasteiger partial charge in [0.25, 0.3) is 0 Å². The Balaban J connectivity index is 1.85. The Labute approximate surface area is 121 Å². The molecule has 0 saturated carbocycles. The average molecular weight is 276 g/mol. The van der Waals surface area contributed by atoms with Gasteiger partial charge in [0, 0.05) is 19.0 Å². The van der Waals surface area contributed by atoms with Crippen molar-refractivity contribution in [2.24, 2.45) is 5.92 Å². The summed E-state index contributed by atoms with van der Waals surface area (Å²) in [4.78, 5) is 14.2. The lowest BCUT2D eigenvalue weighted by atomic mass is 10.0. The molecular weight excluding hydrogens is 252 g/mol. The van der Waals surface area contributed by atoms with Crippen molar-refractivity contribution in [2.45, 2.75) is 26.7 Å². The summed E-state index contributed by atoms with van der Waals surface area (Å²) in [5.41, 5.74) is 1.12. The van der Waals surface area contributed by atoms with Gasteiger partial charge in [-0.3, -0.25) is 4.79 Å². The van der Waals surface area contributed by atoms with Gasteiger partial charge in [-0.05, 0) is 25.0 Å². The van der Waals surface area contributed by atoms with Crippen LogP contribution in [0.5, 0.6) is 5.75 Å². The molecule has 1 amide bonds. The number of nitrogens with zero attached hydrogens (tertiary/aromatic N) is 1. The standard InChI is InChI=1S/C16H24N2O2/c1-3-13(4-2)16(19)17-9-10-18-11-12-20-15-8-6-5-7-14(15)18/h5-8,13H,3-4,9-12H2,1-2H3,(H,17,19). The van der Waals surface area contributed by atoms with Crippen LogP contribution in [0.15, 0.2) is 24.3 Å². The van der Waals surface area contributed by atoms with Crippen molar-refractivity contribution in [3.8, 4) is 5.75 Å². The number of ether oxygens (including phenoxy) is 1. The Morgan fingerprint density at radius 1 is 1.35 bits per heavy atom. The second-order valence-corrected chi connectivity index (χ2v) is 5.11. The first-order valence-corrected chi connectivity index (χ1v) is 7.50. The monoisotopic (exact) mass is 276 g/mol. The number of amides is 1. The van der Waals surface area contributed by atoms with Gasteiger partial charge in [-0.25, -0.2) is 0 Å². The first kappa shape index (κ1) is 14.7. The van der Waals surface area contributed by atoms with E-state index in [-0.39, 0.29) is 11.8 Å². The fourth-order valence-electron chi connectivity index (χ4n) is 2.58. The fraction of sp³-hybridized carbons (Fsp3) is 0.562. The highest BCUT2D eigenvalue weighted by molar-refractivity contribution is 5.78. The van der Waals surface area contributed by atoms with E-state index in [1.807, 2.05) is 18.2 Å². The molecule has 1 aliphatic rings. The SMILES string of the molecule is CCC(CC)C(=O)NCCN1CCOc2ccccc21. The molecule has 110 valence electrons. The number of hydrogen-bond donors (Lipinski definition) is 1. The molecule has 0 saturated heterocycles. The van der Waals surface area contributed by atoms with Gasteiger partial charge in [0.1, 0.15) is 12.4 Å². The maximum absolute atomic E-state index is 11.9. The molecule has 2 rings (SSSR count). The summed E-state index contributed by atoms with van der Waals surface area (Å²) in [5.74, 6) is 1.26. The minimum atomic E-state index is 0.145. The van der Waals surface area contributed by atoms with Crippen LogP contribution < -0.4 is 15.0 Å². The molecule has 0 aromatic heterocycles. The highest BCUT2D eigenvalue weighted by atomic mass is 16.5. The molecule has 20 heavy (non-hydrogen) atoms. The maximum atomic E-state index is 11.9. The maximum Gasteiger partial charge on any atom is 0.223 e. The zero-order valence-corrected chi connectivity index (χ0v) is 12.4. The summed E-state index contributed by atoms with van der Waals surface area (Å²) < 4.78 is 5.63. The third-order valence-electron chi connectivity index (χ3n) is 3.86. The van der Waals surface area contributed by atoms with Crippen LogP contribution >= 0.6 is 0 Å². The highest BCUT2D eigenvalue weighted by Gasteiger charge is 2.18. The van der Waals surface area contributed by atoms with E-state index in [0.29, 0.717) is 13.2 Å². The summed E-state index contributed by atoms with van der Waals surface area (Å²) >= 11 is 0. The van der Waals surface area contributed by atoms with Gasteiger partial charge in [-0.2, -0.15) is 0 Å². The second kappa shape index (κ2) is 7.17. The lowest BCUT2D eigenvalue weighted by Crippen LogP contribution is -2.40. The van der Waals surface area contributed by atoms with Crippen LogP contribution in [0.1, 0.15) is 26.7 Å². The first-order valence-electron chi connectivity index (χ1n) is 7.50. The van der Waals surface area contributed by atoms with Crippen molar-refractivity contribution in [2.75, 3.05) is 31.1 Å². The Kier molecular flexibility index (Phi) is 5.27. The average Bonchev–Trinajstić information content (AvgIpc) is 2.49. The van der Waals surface area contributed by atoms with E-state index in [2.05, 4.69) is 30.1 Å².